The monoisotopic (exact) mass is 368 g/mol. The molecule has 0 aromatic heterocycles. The average Bonchev–Trinajstić information content (AvgIpc) is 2.62. The van der Waals surface area contributed by atoms with E-state index in [1.807, 2.05) is 0 Å². The van der Waals surface area contributed by atoms with Crippen molar-refractivity contribution in [1.82, 2.24) is 5.32 Å². The SMILES string of the molecule is Cl.O=C([C@H]1CNCCO1)N(Cc1ccccc1F)c1ccc(F)cc1. The predicted molar refractivity (Wildman–Crippen MR) is 93.8 cm³/mol. The van der Waals surface area contributed by atoms with Crippen molar-refractivity contribution in [3.8, 4) is 0 Å². The summed E-state index contributed by atoms with van der Waals surface area (Å²) in [6, 6.07) is 11.8. The van der Waals surface area contributed by atoms with Crippen molar-refractivity contribution in [2.45, 2.75) is 12.6 Å². The molecule has 1 aliphatic rings. The number of amides is 1. The molecule has 2 aromatic rings. The summed E-state index contributed by atoms with van der Waals surface area (Å²) in [6.45, 7) is 1.58. The number of carbonyl (C=O) groups excluding carboxylic acids is 1. The Morgan fingerprint density at radius 3 is 2.52 bits per heavy atom. The molecule has 1 N–H and O–H groups in total. The van der Waals surface area contributed by atoms with Gasteiger partial charge in [-0.05, 0) is 30.3 Å². The number of carbonyl (C=O) groups is 1. The van der Waals surface area contributed by atoms with Crippen LogP contribution in [0.2, 0.25) is 0 Å². The molecule has 0 saturated carbocycles. The van der Waals surface area contributed by atoms with E-state index in [4.69, 9.17) is 4.74 Å². The van der Waals surface area contributed by atoms with Crippen LogP contribution in [0.15, 0.2) is 48.5 Å². The minimum absolute atomic E-state index is 0. The Hall–Kier alpha value is -2.02. The zero-order valence-corrected chi connectivity index (χ0v) is 14.3. The minimum Gasteiger partial charge on any atom is -0.366 e. The predicted octanol–water partition coefficient (Wildman–Crippen LogP) is 2.91. The Kier molecular flexibility index (Phi) is 6.87. The second-order valence-corrected chi connectivity index (χ2v) is 5.56. The van der Waals surface area contributed by atoms with E-state index in [0.29, 0.717) is 30.9 Å². The molecular weight excluding hydrogens is 350 g/mol. The lowest BCUT2D eigenvalue weighted by atomic mass is 10.1. The Bertz CT molecular complexity index is 706. The zero-order chi connectivity index (χ0) is 16.9. The number of nitrogens with zero attached hydrogens (tertiary/aromatic N) is 1. The van der Waals surface area contributed by atoms with Gasteiger partial charge in [-0.2, -0.15) is 0 Å². The highest BCUT2D eigenvalue weighted by atomic mass is 35.5. The number of nitrogens with one attached hydrogen (secondary N) is 1. The Labute approximate surface area is 151 Å². The van der Waals surface area contributed by atoms with Gasteiger partial charge in [-0.1, -0.05) is 18.2 Å². The van der Waals surface area contributed by atoms with Crippen molar-refractivity contribution in [3.63, 3.8) is 0 Å². The standard InChI is InChI=1S/C18H18F2N2O2.ClH/c19-14-5-7-15(8-6-14)22(12-13-3-1-2-4-16(13)20)18(23)17-11-21-9-10-24-17;/h1-8,17,21H,9-12H2;1H/t17-;/m1./s1. The van der Waals surface area contributed by atoms with Crippen molar-refractivity contribution >= 4 is 24.0 Å². The Balaban J connectivity index is 0.00000225. The molecule has 7 heteroatoms. The molecule has 1 saturated heterocycles. The quantitative estimate of drug-likeness (QED) is 0.902. The van der Waals surface area contributed by atoms with Crippen LogP contribution < -0.4 is 10.2 Å². The lowest BCUT2D eigenvalue weighted by Crippen LogP contribution is -2.49. The van der Waals surface area contributed by atoms with E-state index in [1.165, 1.54) is 35.2 Å². The second-order valence-electron chi connectivity index (χ2n) is 5.56. The molecular formula is C18H19ClF2N2O2. The molecule has 0 spiro atoms. The highest BCUT2D eigenvalue weighted by Gasteiger charge is 2.28. The molecule has 25 heavy (non-hydrogen) atoms. The van der Waals surface area contributed by atoms with Gasteiger partial charge >= 0.3 is 0 Å². The molecule has 0 radical (unpaired) electrons. The number of hydrogen-bond acceptors (Lipinski definition) is 3. The van der Waals surface area contributed by atoms with Gasteiger partial charge in [0.15, 0.2) is 0 Å². The summed E-state index contributed by atoms with van der Waals surface area (Å²) in [5.74, 6) is -1.07. The van der Waals surface area contributed by atoms with Crippen molar-refractivity contribution in [2.75, 3.05) is 24.6 Å². The van der Waals surface area contributed by atoms with Crippen LogP contribution in [0.1, 0.15) is 5.56 Å². The van der Waals surface area contributed by atoms with Crippen LogP contribution in [0.25, 0.3) is 0 Å². The van der Waals surface area contributed by atoms with Crippen molar-refractivity contribution in [3.05, 3.63) is 65.7 Å². The highest BCUT2D eigenvalue weighted by Crippen LogP contribution is 2.21. The summed E-state index contributed by atoms with van der Waals surface area (Å²) in [7, 11) is 0. The van der Waals surface area contributed by atoms with E-state index in [9.17, 15) is 13.6 Å². The van der Waals surface area contributed by atoms with E-state index in [-0.39, 0.29) is 30.7 Å². The molecule has 3 rings (SSSR count). The van der Waals surface area contributed by atoms with E-state index in [1.54, 1.807) is 18.2 Å². The van der Waals surface area contributed by atoms with Crippen molar-refractivity contribution in [2.24, 2.45) is 0 Å². The van der Waals surface area contributed by atoms with Crippen LogP contribution in [0, 0.1) is 11.6 Å². The van der Waals surface area contributed by atoms with Gasteiger partial charge in [0, 0.05) is 24.3 Å². The molecule has 0 bridgehead atoms. The van der Waals surface area contributed by atoms with E-state index in [0.717, 1.165) is 0 Å². The van der Waals surface area contributed by atoms with Gasteiger partial charge in [0.05, 0.1) is 13.2 Å². The fourth-order valence-electron chi connectivity index (χ4n) is 2.61. The summed E-state index contributed by atoms with van der Waals surface area (Å²) in [4.78, 5) is 14.3. The normalized spacial score (nSPS) is 16.8. The smallest absolute Gasteiger partial charge is 0.257 e. The Morgan fingerprint density at radius 1 is 1.16 bits per heavy atom. The van der Waals surface area contributed by atoms with Gasteiger partial charge < -0.3 is 15.0 Å². The van der Waals surface area contributed by atoms with Crippen LogP contribution in [0.3, 0.4) is 0 Å². The van der Waals surface area contributed by atoms with Gasteiger partial charge in [-0.3, -0.25) is 4.79 Å². The third-order valence-electron chi connectivity index (χ3n) is 3.89. The highest BCUT2D eigenvalue weighted by molar-refractivity contribution is 5.96. The summed E-state index contributed by atoms with van der Waals surface area (Å²) in [5, 5.41) is 3.10. The number of hydrogen-bond donors (Lipinski definition) is 1. The number of anilines is 1. The number of morpholine rings is 1. The first-order chi connectivity index (χ1) is 11.6. The molecule has 134 valence electrons. The van der Waals surface area contributed by atoms with Crippen LogP contribution in [-0.4, -0.2) is 31.7 Å². The number of rotatable bonds is 4. The van der Waals surface area contributed by atoms with Gasteiger partial charge in [0.1, 0.15) is 17.7 Å². The number of halogens is 3. The summed E-state index contributed by atoms with van der Waals surface area (Å²) >= 11 is 0. The molecule has 1 aliphatic heterocycles. The topological polar surface area (TPSA) is 41.6 Å². The molecule has 0 unspecified atom stereocenters. The average molecular weight is 369 g/mol. The lowest BCUT2D eigenvalue weighted by Gasteiger charge is -2.30. The maximum Gasteiger partial charge on any atom is 0.257 e. The molecule has 1 heterocycles. The Morgan fingerprint density at radius 2 is 1.88 bits per heavy atom. The molecule has 1 amide bonds. The molecule has 0 aliphatic carbocycles. The molecule has 1 atom stereocenters. The first-order valence-electron chi connectivity index (χ1n) is 7.78. The van der Waals surface area contributed by atoms with Gasteiger partial charge in [-0.25, -0.2) is 8.78 Å². The summed E-state index contributed by atoms with van der Waals surface area (Å²) in [6.07, 6.45) is -0.643. The van der Waals surface area contributed by atoms with E-state index in [2.05, 4.69) is 5.32 Å². The van der Waals surface area contributed by atoms with Crippen LogP contribution >= 0.6 is 12.4 Å². The fraction of sp³-hybridized carbons (Fsp3) is 0.278. The number of benzene rings is 2. The number of ether oxygens (including phenoxy) is 1. The maximum absolute atomic E-state index is 14.0. The second kappa shape index (κ2) is 8.89. The van der Waals surface area contributed by atoms with Crippen LogP contribution in [0.5, 0.6) is 0 Å². The van der Waals surface area contributed by atoms with Crippen molar-refractivity contribution < 1.29 is 18.3 Å². The lowest BCUT2D eigenvalue weighted by molar-refractivity contribution is -0.131. The molecule has 1 fully saturated rings. The molecule has 2 aromatic carbocycles. The van der Waals surface area contributed by atoms with Gasteiger partial charge in [0.25, 0.3) is 5.91 Å². The zero-order valence-electron chi connectivity index (χ0n) is 13.5. The van der Waals surface area contributed by atoms with Crippen molar-refractivity contribution in [1.29, 1.82) is 0 Å². The third-order valence-corrected chi connectivity index (χ3v) is 3.89. The van der Waals surface area contributed by atoms with Crippen LogP contribution in [-0.2, 0) is 16.1 Å². The first-order valence-corrected chi connectivity index (χ1v) is 7.78. The van der Waals surface area contributed by atoms with Gasteiger partial charge in [-0.15, -0.1) is 12.4 Å². The third kappa shape index (κ3) is 4.75. The van der Waals surface area contributed by atoms with E-state index < -0.39 is 11.9 Å². The summed E-state index contributed by atoms with van der Waals surface area (Å²) in [5.41, 5.74) is 0.887. The summed E-state index contributed by atoms with van der Waals surface area (Å²) < 4.78 is 32.7. The largest absolute Gasteiger partial charge is 0.366 e. The first kappa shape index (κ1) is 19.3. The minimum atomic E-state index is -0.643. The van der Waals surface area contributed by atoms with Gasteiger partial charge in [0.2, 0.25) is 0 Å². The fourth-order valence-corrected chi connectivity index (χ4v) is 2.61. The van der Waals surface area contributed by atoms with Crippen LogP contribution in [0.4, 0.5) is 14.5 Å². The van der Waals surface area contributed by atoms with E-state index >= 15 is 0 Å². The maximum atomic E-state index is 14.0. The molecule has 4 nitrogen and oxygen atoms in total.